The Bertz CT molecular complexity index is 1280. The first kappa shape index (κ1) is 27.4. The molecule has 1 amide bonds. The van der Waals surface area contributed by atoms with Gasteiger partial charge in [-0.05, 0) is 106 Å². The van der Waals surface area contributed by atoms with Crippen LogP contribution in [0.5, 0.6) is 11.5 Å². The van der Waals surface area contributed by atoms with E-state index >= 15 is 0 Å². The number of allylic oxidation sites excluding steroid dienone is 1. The highest BCUT2D eigenvalue weighted by molar-refractivity contribution is 5.94. The van der Waals surface area contributed by atoms with Crippen molar-refractivity contribution in [3.05, 3.63) is 82.9 Å². The molecule has 0 fully saturated rings. The molecular weight excluding hydrogens is 485 g/mol. The number of likely N-dealkylation sites (N-methyl/N-ethyl adjacent to an activating group) is 1. The minimum absolute atomic E-state index is 0.0336. The summed E-state index contributed by atoms with van der Waals surface area (Å²) in [5, 5.41) is 9.56. The molecule has 4 rings (SSSR count). The standard InChI is InChI=1S/C31H36FNO5/c1-6-33(29(35)22-10-14-28(34)26(32)17-22)27-18-23(37-5)12-13-25(27)21-8-7-20-16-24(11-9-19(20)15-21)38-30(36)31(2,3)4/h9-14,16-18,21,25,27,34H,6-8,15H2,1-5H3/t21-,25?,27?/m1/s1. The molecule has 3 atom stereocenters. The maximum Gasteiger partial charge on any atom is 0.316 e. The summed E-state index contributed by atoms with van der Waals surface area (Å²) < 4.78 is 25.1. The van der Waals surface area contributed by atoms with Crippen molar-refractivity contribution in [2.45, 2.75) is 53.0 Å². The molecule has 2 aromatic carbocycles. The number of hydrogen-bond acceptors (Lipinski definition) is 5. The van der Waals surface area contributed by atoms with Gasteiger partial charge >= 0.3 is 5.97 Å². The second kappa shape index (κ2) is 11.0. The number of aryl methyl sites for hydroxylation is 1. The first-order chi connectivity index (χ1) is 18.0. The number of halogens is 1. The van der Waals surface area contributed by atoms with E-state index in [4.69, 9.17) is 9.47 Å². The zero-order valence-electron chi connectivity index (χ0n) is 22.7. The molecule has 0 aliphatic heterocycles. The van der Waals surface area contributed by atoms with Gasteiger partial charge in [-0.3, -0.25) is 9.59 Å². The number of fused-ring (bicyclic) bond motifs is 1. The Balaban J connectivity index is 1.57. The third-order valence-corrected chi connectivity index (χ3v) is 7.42. The van der Waals surface area contributed by atoms with Gasteiger partial charge in [-0.15, -0.1) is 0 Å². The third kappa shape index (κ3) is 5.77. The van der Waals surface area contributed by atoms with E-state index in [0.717, 1.165) is 25.3 Å². The van der Waals surface area contributed by atoms with Crippen molar-refractivity contribution in [1.82, 2.24) is 4.90 Å². The summed E-state index contributed by atoms with van der Waals surface area (Å²) >= 11 is 0. The number of amides is 1. The molecule has 0 aromatic heterocycles. The van der Waals surface area contributed by atoms with Crippen LogP contribution in [0.1, 0.15) is 55.6 Å². The first-order valence-corrected chi connectivity index (χ1v) is 13.1. The molecule has 1 N–H and O–H groups in total. The lowest BCUT2D eigenvalue weighted by Crippen LogP contribution is -2.47. The predicted molar refractivity (Wildman–Crippen MR) is 143 cm³/mol. The van der Waals surface area contributed by atoms with Crippen LogP contribution in [0, 0.1) is 23.1 Å². The number of phenols is 1. The molecule has 2 aliphatic carbocycles. The fraction of sp³-hybridized carbons (Fsp3) is 0.419. The van der Waals surface area contributed by atoms with Crippen molar-refractivity contribution in [1.29, 1.82) is 0 Å². The number of phenolic OH excluding ortho intramolecular Hbond substituents is 1. The number of rotatable bonds is 6. The Morgan fingerprint density at radius 3 is 2.55 bits per heavy atom. The van der Waals surface area contributed by atoms with E-state index in [0.29, 0.717) is 18.1 Å². The van der Waals surface area contributed by atoms with Crippen LogP contribution in [0.2, 0.25) is 0 Å². The first-order valence-electron chi connectivity index (χ1n) is 13.1. The van der Waals surface area contributed by atoms with Crippen LogP contribution >= 0.6 is 0 Å². The van der Waals surface area contributed by atoms with Crippen molar-refractivity contribution in [3.8, 4) is 11.5 Å². The summed E-state index contributed by atoms with van der Waals surface area (Å²) in [5.74, 6) is -0.334. The summed E-state index contributed by atoms with van der Waals surface area (Å²) in [6.07, 6.45) is 8.60. The molecule has 0 heterocycles. The van der Waals surface area contributed by atoms with Crippen molar-refractivity contribution in [3.63, 3.8) is 0 Å². The smallest absolute Gasteiger partial charge is 0.316 e. The summed E-state index contributed by atoms with van der Waals surface area (Å²) in [6.45, 7) is 7.83. The van der Waals surface area contributed by atoms with Gasteiger partial charge in [0.05, 0.1) is 18.6 Å². The van der Waals surface area contributed by atoms with Crippen LogP contribution in [-0.4, -0.2) is 41.6 Å². The lowest BCUT2D eigenvalue weighted by Gasteiger charge is -2.41. The van der Waals surface area contributed by atoms with Gasteiger partial charge in [0.2, 0.25) is 0 Å². The normalized spacial score (nSPS) is 20.8. The van der Waals surface area contributed by atoms with Gasteiger partial charge < -0.3 is 19.5 Å². The number of aromatic hydroxyl groups is 1. The van der Waals surface area contributed by atoms with Crippen LogP contribution in [0.15, 0.2) is 60.4 Å². The fourth-order valence-electron chi connectivity index (χ4n) is 5.23. The molecule has 38 heavy (non-hydrogen) atoms. The maximum absolute atomic E-state index is 14.0. The van der Waals surface area contributed by atoms with E-state index in [1.165, 1.54) is 23.3 Å². The summed E-state index contributed by atoms with van der Waals surface area (Å²) in [5.41, 5.74) is 1.99. The van der Waals surface area contributed by atoms with Crippen LogP contribution in [0.25, 0.3) is 0 Å². The average molecular weight is 522 g/mol. The van der Waals surface area contributed by atoms with E-state index in [1.807, 2.05) is 58.0 Å². The van der Waals surface area contributed by atoms with E-state index in [9.17, 15) is 19.1 Å². The predicted octanol–water partition coefficient (Wildman–Crippen LogP) is 5.83. The van der Waals surface area contributed by atoms with Crippen molar-refractivity contribution in [2.24, 2.45) is 17.3 Å². The van der Waals surface area contributed by atoms with Crippen molar-refractivity contribution < 1.29 is 28.6 Å². The van der Waals surface area contributed by atoms with E-state index in [1.54, 1.807) is 12.0 Å². The number of carbonyl (C=O) groups is 2. The molecule has 2 aromatic rings. The minimum atomic E-state index is -0.823. The number of methoxy groups -OCH3 is 1. The Hall–Kier alpha value is -3.61. The zero-order valence-corrected chi connectivity index (χ0v) is 22.7. The molecule has 7 heteroatoms. The molecule has 6 nitrogen and oxygen atoms in total. The van der Waals surface area contributed by atoms with Gasteiger partial charge in [-0.2, -0.15) is 0 Å². The number of nitrogens with zero attached hydrogens (tertiary/aromatic N) is 1. The molecule has 2 aliphatic rings. The number of esters is 1. The Kier molecular flexibility index (Phi) is 7.95. The van der Waals surface area contributed by atoms with Crippen LogP contribution in [0.3, 0.4) is 0 Å². The Morgan fingerprint density at radius 1 is 1.13 bits per heavy atom. The molecule has 0 spiro atoms. The van der Waals surface area contributed by atoms with E-state index in [-0.39, 0.29) is 35.3 Å². The van der Waals surface area contributed by atoms with Crippen molar-refractivity contribution >= 4 is 11.9 Å². The molecule has 202 valence electrons. The van der Waals surface area contributed by atoms with Gasteiger partial charge in [-0.25, -0.2) is 4.39 Å². The van der Waals surface area contributed by atoms with E-state index in [2.05, 4.69) is 6.08 Å². The topological polar surface area (TPSA) is 76.1 Å². The highest BCUT2D eigenvalue weighted by Crippen LogP contribution is 2.38. The zero-order chi connectivity index (χ0) is 27.6. The highest BCUT2D eigenvalue weighted by Gasteiger charge is 2.37. The Morgan fingerprint density at radius 2 is 1.89 bits per heavy atom. The summed E-state index contributed by atoms with van der Waals surface area (Å²) in [4.78, 5) is 27.6. The monoisotopic (exact) mass is 521 g/mol. The molecule has 0 saturated carbocycles. The second-order valence-corrected chi connectivity index (χ2v) is 11.0. The lowest BCUT2D eigenvalue weighted by molar-refractivity contribution is -0.143. The lowest BCUT2D eigenvalue weighted by atomic mass is 9.72. The molecule has 2 unspecified atom stereocenters. The van der Waals surface area contributed by atoms with Crippen LogP contribution < -0.4 is 4.74 Å². The van der Waals surface area contributed by atoms with Gasteiger partial charge in [-0.1, -0.05) is 12.1 Å². The average Bonchev–Trinajstić information content (AvgIpc) is 2.89. The largest absolute Gasteiger partial charge is 0.505 e. The molecule has 0 bridgehead atoms. The SMILES string of the molecule is CCN(C(=O)c1ccc(O)c(F)c1)C1C=C(OC)C=CC1[C@@H]1CCc2cc(OC(=O)C(C)(C)C)ccc2C1. The van der Waals surface area contributed by atoms with E-state index < -0.39 is 17.0 Å². The van der Waals surface area contributed by atoms with Gasteiger partial charge in [0, 0.05) is 18.0 Å². The van der Waals surface area contributed by atoms with Crippen molar-refractivity contribution in [2.75, 3.05) is 13.7 Å². The number of benzene rings is 2. The quantitative estimate of drug-likeness (QED) is 0.382. The number of hydrogen-bond donors (Lipinski definition) is 1. The summed E-state index contributed by atoms with van der Waals surface area (Å²) in [7, 11) is 1.60. The fourth-order valence-corrected chi connectivity index (χ4v) is 5.23. The summed E-state index contributed by atoms with van der Waals surface area (Å²) in [6, 6.07) is 9.30. The van der Waals surface area contributed by atoms with Crippen LogP contribution in [-0.2, 0) is 22.4 Å². The van der Waals surface area contributed by atoms with Gasteiger partial charge in [0.25, 0.3) is 5.91 Å². The van der Waals surface area contributed by atoms with Gasteiger partial charge in [0.1, 0.15) is 11.5 Å². The second-order valence-electron chi connectivity index (χ2n) is 11.0. The van der Waals surface area contributed by atoms with Crippen LogP contribution in [0.4, 0.5) is 4.39 Å². The highest BCUT2D eigenvalue weighted by atomic mass is 19.1. The Labute approximate surface area is 223 Å². The molecule has 0 saturated heterocycles. The maximum atomic E-state index is 14.0. The minimum Gasteiger partial charge on any atom is -0.505 e. The molecular formula is C31H36FNO5. The molecule has 0 radical (unpaired) electrons. The third-order valence-electron chi connectivity index (χ3n) is 7.42. The van der Waals surface area contributed by atoms with Gasteiger partial charge in [0.15, 0.2) is 11.6 Å². The number of ether oxygens (including phenoxy) is 2. The number of carbonyl (C=O) groups excluding carboxylic acids is 2.